The Balaban J connectivity index is 2.27. The summed E-state index contributed by atoms with van der Waals surface area (Å²) in [5.74, 6) is -0.301. The summed E-state index contributed by atoms with van der Waals surface area (Å²) in [4.78, 5) is 12.5. The zero-order valence-electron chi connectivity index (χ0n) is 10.3. The standard InChI is InChI=1S/C14H12N2O2S/c1-9-2-3-10(8-17)6-12(9)16-14(18)13-11(7-15)4-5-19-13/h2-6,17H,8H2,1H3,(H,16,18). The summed E-state index contributed by atoms with van der Waals surface area (Å²) in [7, 11) is 0. The molecule has 0 atom stereocenters. The molecule has 2 rings (SSSR count). The summed E-state index contributed by atoms with van der Waals surface area (Å²) in [6, 6.07) is 8.98. The van der Waals surface area contributed by atoms with Crippen molar-refractivity contribution >= 4 is 22.9 Å². The van der Waals surface area contributed by atoms with Crippen molar-refractivity contribution in [3.8, 4) is 6.07 Å². The van der Waals surface area contributed by atoms with Gasteiger partial charge >= 0.3 is 0 Å². The summed E-state index contributed by atoms with van der Waals surface area (Å²) in [6.45, 7) is 1.79. The van der Waals surface area contributed by atoms with Crippen LogP contribution < -0.4 is 5.32 Å². The molecule has 1 amide bonds. The van der Waals surface area contributed by atoms with E-state index >= 15 is 0 Å². The van der Waals surface area contributed by atoms with Crippen LogP contribution in [0.4, 0.5) is 5.69 Å². The molecular formula is C14H12N2O2S. The fourth-order valence-corrected chi connectivity index (χ4v) is 2.39. The minimum atomic E-state index is -0.301. The van der Waals surface area contributed by atoms with Crippen molar-refractivity contribution in [2.24, 2.45) is 0 Å². The van der Waals surface area contributed by atoms with E-state index in [1.54, 1.807) is 23.6 Å². The summed E-state index contributed by atoms with van der Waals surface area (Å²) >= 11 is 1.23. The molecule has 96 valence electrons. The van der Waals surface area contributed by atoms with Gasteiger partial charge in [-0.1, -0.05) is 12.1 Å². The van der Waals surface area contributed by atoms with Crippen LogP contribution in [0.3, 0.4) is 0 Å². The Kier molecular flexibility index (Phi) is 3.95. The molecule has 0 radical (unpaired) electrons. The SMILES string of the molecule is Cc1ccc(CO)cc1NC(=O)c1sccc1C#N. The van der Waals surface area contributed by atoms with Crippen molar-refractivity contribution < 1.29 is 9.90 Å². The monoisotopic (exact) mass is 272 g/mol. The number of aryl methyl sites for hydroxylation is 1. The van der Waals surface area contributed by atoms with Crippen LogP contribution in [0.5, 0.6) is 0 Å². The Bertz CT molecular complexity index is 656. The van der Waals surface area contributed by atoms with E-state index < -0.39 is 0 Å². The van der Waals surface area contributed by atoms with Crippen LogP contribution in [-0.2, 0) is 6.61 Å². The third-order valence-corrected chi connectivity index (χ3v) is 3.64. The number of nitrogens with one attached hydrogen (secondary N) is 1. The molecule has 0 unspecified atom stereocenters. The Labute approximate surface area is 114 Å². The largest absolute Gasteiger partial charge is 0.392 e. The topological polar surface area (TPSA) is 73.1 Å². The number of benzene rings is 1. The lowest BCUT2D eigenvalue weighted by Crippen LogP contribution is -2.12. The Hall–Kier alpha value is -2.16. The Morgan fingerprint density at radius 2 is 2.26 bits per heavy atom. The third-order valence-electron chi connectivity index (χ3n) is 2.72. The van der Waals surface area contributed by atoms with E-state index in [1.807, 2.05) is 19.1 Å². The van der Waals surface area contributed by atoms with E-state index in [0.717, 1.165) is 11.1 Å². The van der Waals surface area contributed by atoms with Crippen LogP contribution in [-0.4, -0.2) is 11.0 Å². The smallest absolute Gasteiger partial charge is 0.267 e. The molecule has 2 N–H and O–H groups in total. The van der Waals surface area contributed by atoms with Gasteiger partial charge in [0.1, 0.15) is 10.9 Å². The first kappa shape index (κ1) is 13.3. The molecule has 0 spiro atoms. The zero-order chi connectivity index (χ0) is 13.8. The van der Waals surface area contributed by atoms with Gasteiger partial charge < -0.3 is 10.4 Å². The van der Waals surface area contributed by atoms with Crippen molar-refractivity contribution in [1.82, 2.24) is 0 Å². The minimum absolute atomic E-state index is 0.0778. The van der Waals surface area contributed by atoms with Gasteiger partial charge in [-0.25, -0.2) is 0 Å². The number of hydrogen-bond acceptors (Lipinski definition) is 4. The van der Waals surface area contributed by atoms with Gasteiger partial charge in [-0.15, -0.1) is 11.3 Å². The van der Waals surface area contributed by atoms with Crippen LogP contribution >= 0.6 is 11.3 Å². The lowest BCUT2D eigenvalue weighted by atomic mass is 10.1. The maximum absolute atomic E-state index is 12.1. The summed E-state index contributed by atoms with van der Waals surface area (Å²) in [5.41, 5.74) is 2.65. The average molecular weight is 272 g/mol. The predicted octanol–water partition coefficient (Wildman–Crippen LogP) is 2.67. The highest BCUT2D eigenvalue weighted by atomic mass is 32.1. The van der Waals surface area contributed by atoms with Crippen LogP contribution in [0.15, 0.2) is 29.6 Å². The van der Waals surface area contributed by atoms with Gasteiger partial charge in [0.25, 0.3) is 5.91 Å². The van der Waals surface area contributed by atoms with Crippen molar-refractivity contribution in [2.75, 3.05) is 5.32 Å². The molecule has 1 aromatic carbocycles. The molecule has 0 aliphatic rings. The quantitative estimate of drug-likeness (QED) is 0.902. The summed E-state index contributed by atoms with van der Waals surface area (Å²) in [6.07, 6.45) is 0. The fourth-order valence-electron chi connectivity index (χ4n) is 1.65. The number of hydrogen-bond donors (Lipinski definition) is 2. The van der Waals surface area contributed by atoms with Crippen LogP contribution in [0.1, 0.15) is 26.4 Å². The summed E-state index contributed by atoms with van der Waals surface area (Å²) in [5, 5.41) is 22.5. The van der Waals surface area contributed by atoms with E-state index in [1.165, 1.54) is 11.3 Å². The van der Waals surface area contributed by atoms with Gasteiger partial charge in [0.15, 0.2) is 0 Å². The van der Waals surface area contributed by atoms with Crippen LogP contribution in [0.25, 0.3) is 0 Å². The van der Waals surface area contributed by atoms with Gasteiger partial charge in [-0.3, -0.25) is 4.79 Å². The molecule has 0 aliphatic carbocycles. The van der Waals surface area contributed by atoms with Crippen molar-refractivity contribution in [2.45, 2.75) is 13.5 Å². The Morgan fingerprint density at radius 3 is 2.95 bits per heavy atom. The number of anilines is 1. The maximum Gasteiger partial charge on any atom is 0.267 e. The number of amides is 1. The third kappa shape index (κ3) is 2.81. The molecule has 0 aliphatic heterocycles. The van der Waals surface area contributed by atoms with Crippen molar-refractivity contribution in [3.63, 3.8) is 0 Å². The molecule has 1 heterocycles. The highest BCUT2D eigenvalue weighted by molar-refractivity contribution is 7.12. The van der Waals surface area contributed by atoms with Gasteiger partial charge in [0.2, 0.25) is 0 Å². The fraction of sp³-hybridized carbons (Fsp3) is 0.143. The van der Waals surface area contributed by atoms with E-state index in [0.29, 0.717) is 16.1 Å². The number of aliphatic hydroxyl groups excluding tert-OH is 1. The van der Waals surface area contributed by atoms with Crippen molar-refractivity contribution in [3.05, 3.63) is 51.2 Å². The second-order valence-corrected chi connectivity index (χ2v) is 4.95. The van der Waals surface area contributed by atoms with E-state index in [2.05, 4.69) is 5.32 Å². The molecule has 5 heteroatoms. The number of thiophene rings is 1. The zero-order valence-corrected chi connectivity index (χ0v) is 11.1. The molecular weight excluding hydrogens is 260 g/mol. The second-order valence-electron chi connectivity index (χ2n) is 4.04. The highest BCUT2D eigenvalue weighted by Crippen LogP contribution is 2.21. The minimum Gasteiger partial charge on any atom is -0.392 e. The normalized spacial score (nSPS) is 9.95. The second kappa shape index (κ2) is 5.65. The van der Waals surface area contributed by atoms with E-state index in [-0.39, 0.29) is 12.5 Å². The molecule has 0 saturated heterocycles. The lowest BCUT2D eigenvalue weighted by Gasteiger charge is -2.09. The van der Waals surface area contributed by atoms with Crippen LogP contribution in [0.2, 0.25) is 0 Å². The van der Waals surface area contributed by atoms with Gasteiger partial charge in [0.05, 0.1) is 12.2 Å². The first-order valence-corrected chi connectivity index (χ1v) is 6.53. The predicted molar refractivity (Wildman–Crippen MR) is 74.1 cm³/mol. The summed E-state index contributed by atoms with van der Waals surface area (Å²) < 4.78 is 0. The number of carbonyl (C=O) groups excluding carboxylic acids is 1. The first-order valence-electron chi connectivity index (χ1n) is 5.65. The van der Waals surface area contributed by atoms with Gasteiger partial charge in [-0.05, 0) is 35.6 Å². The van der Waals surface area contributed by atoms with E-state index in [4.69, 9.17) is 10.4 Å². The Morgan fingerprint density at radius 1 is 1.47 bits per heavy atom. The number of aliphatic hydroxyl groups is 1. The molecule has 0 fully saturated rings. The number of carbonyl (C=O) groups is 1. The molecule has 1 aromatic heterocycles. The van der Waals surface area contributed by atoms with Gasteiger partial charge in [-0.2, -0.15) is 5.26 Å². The van der Waals surface area contributed by atoms with E-state index in [9.17, 15) is 4.79 Å². The molecule has 19 heavy (non-hydrogen) atoms. The number of rotatable bonds is 3. The van der Waals surface area contributed by atoms with Gasteiger partial charge in [0, 0.05) is 5.69 Å². The highest BCUT2D eigenvalue weighted by Gasteiger charge is 2.14. The molecule has 4 nitrogen and oxygen atoms in total. The number of nitriles is 1. The number of nitrogens with zero attached hydrogens (tertiary/aromatic N) is 1. The lowest BCUT2D eigenvalue weighted by molar-refractivity contribution is 0.103. The molecule has 2 aromatic rings. The molecule has 0 bridgehead atoms. The first-order chi connectivity index (χ1) is 9.15. The molecule has 0 saturated carbocycles. The van der Waals surface area contributed by atoms with Crippen molar-refractivity contribution in [1.29, 1.82) is 5.26 Å². The average Bonchev–Trinajstić information content (AvgIpc) is 2.89. The maximum atomic E-state index is 12.1. The van der Waals surface area contributed by atoms with Crippen LogP contribution in [0, 0.1) is 18.3 Å².